The Balaban J connectivity index is 0.000000128. The van der Waals surface area contributed by atoms with Gasteiger partial charge in [-0.05, 0) is 53.4 Å². The zero-order valence-corrected chi connectivity index (χ0v) is 55.1. The number of hydrogen-bond donors (Lipinski definition) is 4. The molecular formula is C66H39ClF17N25. The second kappa shape index (κ2) is 29.5. The Bertz CT molecular complexity index is 5640. The quantitative estimate of drug-likeness (QED) is 0.0826. The van der Waals surface area contributed by atoms with Crippen LogP contribution in [0.2, 0.25) is 5.15 Å². The van der Waals surface area contributed by atoms with Crippen LogP contribution in [-0.2, 0) is 50.4 Å². The fraction of sp³-hybridized carbons (Fsp3) is 0.136. The summed E-state index contributed by atoms with van der Waals surface area (Å²) in [5.74, 6) is -8.71. The fourth-order valence-corrected chi connectivity index (χ4v) is 10.7. The van der Waals surface area contributed by atoms with Crippen LogP contribution >= 0.6 is 11.6 Å². The molecule has 12 aromatic heterocycles. The first-order valence-corrected chi connectivity index (χ1v) is 31.3. The van der Waals surface area contributed by atoms with E-state index in [0.29, 0.717) is 39.4 Å². The number of hydrogen-bond acceptors (Lipinski definition) is 17. The minimum Gasteiger partial charge on any atom is -0.301 e. The number of imidazole rings is 4. The molecule has 43 heteroatoms. The highest BCUT2D eigenvalue weighted by Gasteiger charge is 2.39. The van der Waals surface area contributed by atoms with Crippen molar-refractivity contribution < 1.29 is 74.6 Å². The third kappa shape index (κ3) is 16.0. The first-order valence-electron chi connectivity index (χ1n) is 30.9. The molecule has 0 saturated carbocycles. The molecule has 0 atom stereocenters. The summed E-state index contributed by atoms with van der Waals surface area (Å²) in [6, 6.07) is 26.2. The predicted octanol–water partition coefficient (Wildman–Crippen LogP) is 14.0. The number of aryl methyl sites for hydroxylation is 1. The van der Waals surface area contributed by atoms with Gasteiger partial charge in [0.1, 0.15) is 63.0 Å². The zero-order chi connectivity index (χ0) is 77.4. The zero-order valence-electron chi connectivity index (χ0n) is 54.4. The fourth-order valence-electron chi connectivity index (χ4n) is 10.6. The number of alkyl halides is 12. The number of nitrogens with zero attached hydrogens (tertiary/aromatic N) is 21. The van der Waals surface area contributed by atoms with Crippen molar-refractivity contribution in [1.82, 2.24) is 118 Å². The normalized spacial score (nSPS) is 11.9. The average molecular weight is 1540 g/mol. The van der Waals surface area contributed by atoms with Gasteiger partial charge in [-0.15, -0.1) is 0 Å². The van der Waals surface area contributed by atoms with Gasteiger partial charge in [0.25, 0.3) is 0 Å². The van der Waals surface area contributed by atoms with Crippen LogP contribution in [0.15, 0.2) is 147 Å². The summed E-state index contributed by atoms with van der Waals surface area (Å²) in [7, 11) is 0. The lowest BCUT2D eigenvalue weighted by Crippen LogP contribution is -2.07. The molecule has 16 aromatic rings. The van der Waals surface area contributed by atoms with Gasteiger partial charge in [-0.3, -0.25) is 33.6 Å². The minimum absolute atomic E-state index is 0.0138. The summed E-state index contributed by atoms with van der Waals surface area (Å²) in [5.41, 5.74) is 4.69. The standard InChI is InChI=1S/C17H9F4N7.C17H12F4N6.C16H9ClF4N6.C16H9F5N6/c18-11-4-2-1-3-9(11)5-12-15-23-7-10(6-22)28(15)8-13(24-12)14-25-16(27-26-14)17(19,20)21;1-9-7-22-15-12(6-10-4-2-3-5-11(10)18)23-13(8-27(9)15)14-24-16(26-25-14)17(19,20)21;17-12-6-22-14-10(5-8-3-1-2-4-9(8)18)23-11(7-27(12)14)13-24-15(26-25-13)16(19,20)21;17-9-4-2-1-3-8(9)5-10-14-22-6-12(18)27(14)7-11(23-10)13-24-15(26-25-13)16(19,20)21/h1-4,7-8H,5H2,(H,25,26,27);2-5,7-8H,6H2,1H3,(H,24,25,26);2*1-4,6-7H,5H2,(H,24,25,26). The molecule has 0 radical (unpaired) electrons. The third-order valence-corrected chi connectivity index (χ3v) is 15.9. The monoisotopic (exact) mass is 1540 g/mol. The van der Waals surface area contributed by atoms with Gasteiger partial charge in [0.15, 0.2) is 22.6 Å². The van der Waals surface area contributed by atoms with Crippen LogP contribution in [0, 0.1) is 47.5 Å². The number of halogens is 18. The molecule has 554 valence electrons. The van der Waals surface area contributed by atoms with Crippen molar-refractivity contribution in [1.29, 1.82) is 5.26 Å². The van der Waals surface area contributed by atoms with E-state index in [1.54, 1.807) is 77.2 Å². The molecule has 109 heavy (non-hydrogen) atoms. The first-order chi connectivity index (χ1) is 51.8. The van der Waals surface area contributed by atoms with Gasteiger partial charge in [0, 0.05) is 62.4 Å². The highest BCUT2D eigenvalue weighted by atomic mass is 35.5. The highest BCUT2D eigenvalue weighted by Crippen LogP contribution is 2.34. The third-order valence-electron chi connectivity index (χ3n) is 15.7. The molecule has 4 aromatic carbocycles. The van der Waals surface area contributed by atoms with Crippen molar-refractivity contribution in [3.8, 4) is 52.1 Å². The maximum absolute atomic E-state index is 14.0. The summed E-state index contributed by atoms with van der Waals surface area (Å²) in [6.07, 6.45) is -8.04. The Kier molecular flexibility index (Phi) is 19.9. The lowest BCUT2D eigenvalue weighted by molar-refractivity contribution is -0.145. The molecule has 0 aliphatic rings. The predicted molar refractivity (Wildman–Crippen MR) is 345 cm³/mol. The lowest BCUT2D eigenvalue weighted by atomic mass is 10.1. The van der Waals surface area contributed by atoms with Crippen molar-refractivity contribution in [3.63, 3.8) is 0 Å². The molecule has 16 rings (SSSR count). The SMILES string of the molecule is Cc1cnc2c(Cc3ccccc3F)nc(-c3n[nH]c(C(F)(F)F)n3)cn12.Fc1ccccc1Cc1nc(-c2n[nH]c(C(F)(F)F)n2)cn2c(Cl)cnc12.Fc1ccccc1Cc1nc(-c2n[nH]c(C(F)(F)F)n2)cn2c(F)cnc12.N#Cc1cnc2c(Cc3ccccc3F)nc(-c3n[nH]c(C(F)(F)F)n3)cn12. The number of aromatic nitrogens is 24. The Hall–Kier alpha value is -13.5. The number of aromatic amines is 4. The van der Waals surface area contributed by atoms with E-state index in [-0.39, 0.29) is 111 Å². The molecule has 0 saturated heterocycles. The Labute approximate surface area is 600 Å². The largest absolute Gasteiger partial charge is 0.451 e. The smallest absolute Gasteiger partial charge is 0.301 e. The maximum atomic E-state index is 14.0. The lowest BCUT2D eigenvalue weighted by Gasteiger charge is -2.07. The van der Waals surface area contributed by atoms with Crippen molar-refractivity contribution in [2.45, 2.75) is 57.3 Å². The van der Waals surface area contributed by atoms with Crippen molar-refractivity contribution in [2.24, 2.45) is 0 Å². The van der Waals surface area contributed by atoms with Gasteiger partial charge < -0.3 is 4.40 Å². The number of nitriles is 1. The van der Waals surface area contributed by atoms with Crippen LogP contribution in [0.3, 0.4) is 0 Å². The van der Waals surface area contributed by atoms with Crippen molar-refractivity contribution in [2.75, 3.05) is 0 Å². The highest BCUT2D eigenvalue weighted by molar-refractivity contribution is 6.29. The molecule has 0 spiro atoms. The Morgan fingerprint density at radius 3 is 0.991 bits per heavy atom. The molecule has 0 unspecified atom stereocenters. The van der Waals surface area contributed by atoms with E-state index >= 15 is 0 Å². The summed E-state index contributed by atoms with van der Waals surface area (Å²) in [6.45, 7) is 1.79. The number of H-pyrrole nitrogens is 4. The number of rotatable bonds is 12. The van der Waals surface area contributed by atoms with Crippen LogP contribution in [0.1, 0.15) is 79.7 Å². The number of fused-ring (bicyclic) bond motifs is 4. The molecule has 0 amide bonds. The van der Waals surface area contributed by atoms with Crippen molar-refractivity contribution >= 4 is 34.2 Å². The summed E-state index contributed by atoms with van der Waals surface area (Å²) in [4.78, 5) is 47.2. The van der Waals surface area contributed by atoms with Gasteiger partial charge >= 0.3 is 24.7 Å². The van der Waals surface area contributed by atoms with Crippen LogP contribution in [0.25, 0.3) is 68.7 Å². The molecule has 12 heterocycles. The van der Waals surface area contributed by atoms with Crippen LogP contribution < -0.4 is 0 Å². The van der Waals surface area contributed by atoms with E-state index in [1.807, 2.05) is 21.4 Å². The molecular weight excluding hydrogens is 1500 g/mol. The first kappa shape index (κ1) is 73.8. The van der Waals surface area contributed by atoms with E-state index < -0.39 is 77.2 Å². The second-order valence-electron chi connectivity index (χ2n) is 23.0. The van der Waals surface area contributed by atoms with E-state index in [2.05, 4.69) is 80.2 Å². The van der Waals surface area contributed by atoms with Crippen LogP contribution in [0.4, 0.5) is 74.6 Å². The minimum atomic E-state index is -4.72. The summed E-state index contributed by atoms with van der Waals surface area (Å²) in [5, 5.41) is 31.0. The maximum Gasteiger partial charge on any atom is 0.451 e. The van der Waals surface area contributed by atoms with E-state index in [0.717, 1.165) is 22.5 Å². The average Bonchev–Trinajstić information content (AvgIpc) is 1.69. The van der Waals surface area contributed by atoms with E-state index in [4.69, 9.17) is 11.6 Å². The molecule has 0 bridgehead atoms. The number of nitrogens with one attached hydrogen (secondary N) is 4. The van der Waals surface area contributed by atoms with E-state index in [9.17, 15) is 79.9 Å². The Morgan fingerprint density at radius 2 is 0.651 bits per heavy atom. The Morgan fingerprint density at radius 1 is 0.367 bits per heavy atom. The van der Waals surface area contributed by atoms with Gasteiger partial charge in [-0.2, -0.15) is 82.7 Å². The number of benzene rings is 4. The van der Waals surface area contributed by atoms with Gasteiger partial charge in [0.2, 0.25) is 52.5 Å². The van der Waals surface area contributed by atoms with E-state index in [1.165, 1.54) is 82.3 Å². The van der Waals surface area contributed by atoms with Gasteiger partial charge in [0.05, 0.1) is 41.4 Å². The molecule has 25 nitrogen and oxygen atoms in total. The van der Waals surface area contributed by atoms with Crippen LogP contribution in [0.5, 0.6) is 0 Å². The molecule has 4 N–H and O–H groups in total. The van der Waals surface area contributed by atoms with Crippen LogP contribution in [-0.4, -0.2) is 118 Å². The second-order valence-corrected chi connectivity index (χ2v) is 23.4. The summed E-state index contributed by atoms with van der Waals surface area (Å²) < 4.78 is 229. The van der Waals surface area contributed by atoms with Gasteiger partial charge in [-0.25, -0.2) is 77.4 Å². The summed E-state index contributed by atoms with van der Waals surface area (Å²) >= 11 is 6.09. The van der Waals surface area contributed by atoms with Gasteiger partial charge in [-0.1, -0.05) is 84.4 Å². The molecule has 0 aliphatic carbocycles. The molecule has 0 aliphatic heterocycles. The van der Waals surface area contributed by atoms with Crippen molar-refractivity contribution in [3.05, 3.63) is 261 Å². The molecule has 0 fully saturated rings. The topological polar surface area (TPSA) is 311 Å².